The molecule has 1 aliphatic heterocycles. The fourth-order valence-electron chi connectivity index (χ4n) is 2.59. The summed E-state index contributed by atoms with van der Waals surface area (Å²) in [6.45, 7) is 2.57. The van der Waals surface area contributed by atoms with E-state index in [1.54, 1.807) is 0 Å². The highest BCUT2D eigenvalue weighted by Crippen LogP contribution is 2.40. The van der Waals surface area contributed by atoms with Crippen molar-refractivity contribution in [2.75, 3.05) is 40.4 Å². The van der Waals surface area contributed by atoms with Crippen molar-refractivity contribution in [3.63, 3.8) is 0 Å². The van der Waals surface area contributed by atoms with Gasteiger partial charge in [-0.1, -0.05) is 5.16 Å². The first-order valence-corrected chi connectivity index (χ1v) is 7.15. The Balaban J connectivity index is 1.72. The lowest BCUT2D eigenvalue weighted by atomic mass is 10.2. The monoisotopic (exact) mass is 279 g/mol. The minimum atomic E-state index is -0.0456. The van der Waals surface area contributed by atoms with Crippen LogP contribution in [0.3, 0.4) is 0 Å². The molecular formula is C14H21N3O3. The van der Waals surface area contributed by atoms with Crippen molar-refractivity contribution in [3.05, 3.63) is 17.5 Å². The maximum atomic E-state index is 12.6. The Kier molecular flexibility index (Phi) is 3.76. The summed E-state index contributed by atoms with van der Waals surface area (Å²) >= 11 is 0. The number of amides is 1. The van der Waals surface area contributed by atoms with Crippen LogP contribution in [0, 0.1) is 0 Å². The lowest BCUT2D eigenvalue weighted by Crippen LogP contribution is -2.52. The van der Waals surface area contributed by atoms with Crippen molar-refractivity contribution in [2.45, 2.75) is 24.8 Å². The minimum Gasteiger partial charge on any atom is -0.377 e. The first kappa shape index (κ1) is 13.6. The second-order valence-electron chi connectivity index (χ2n) is 5.88. The van der Waals surface area contributed by atoms with Crippen LogP contribution >= 0.6 is 0 Å². The second kappa shape index (κ2) is 5.54. The average molecular weight is 279 g/mol. The quantitative estimate of drug-likeness (QED) is 0.821. The summed E-state index contributed by atoms with van der Waals surface area (Å²) in [6.07, 6.45) is 2.28. The third-order valence-corrected chi connectivity index (χ3v) is 3.79. The number of likely N-dealkylation sites (N-methyl/N-ethyl adjacent to an activating group) is 1. The molecule has 0 unspecified atom stereocenters. The number of ether oxygens (including phenoxy) is 1. The van der Waals surface area contributed by atoms with Gasteiger partial charge in [0.2, 0.25) is 0 Å². The van der Waals surface area contributed by atoms with Crippen LogP contribution in [0.4, 0.5) is 0 Å². The highest BCUT2D eigenvalue weighted by Gasteiger charge is 2.33. The molecule has 3 rings (SSSR count). The Morgan fingerprint density at radius 3 is 3.00 bits per heavy atom. The predicted molar refractivity (Wildman–Crippen MR) is 72.7 cm³/mol. The molecule has 1 aliphatic carbocycles. The van der Waals surface area contributed by atoms with Gasteiger partial charge in [-0.3, -0.25) is 4.79 Å². The molecule has 2 aliphatic rings. The second-order valence-corrected chi connectivity index (χ2v) is 5.88. The van der Waals surface area contributed by atoms with Crippen molar-refractivity contribution >= 4 is 5.91 Å². The number of hydrogen-bond acceptors (Lipinski definition) is 5. The fourth-order valence-corrected chi connectivity index (χ4v) is 2.59. The number of carbonyl (C=O) groups is 1. The van der Waals surface area contributed by atoms with Gasteiger partial charge in [0.1, 0.15) is 5.76 Å². The molecule has 20 heavy (non-hydrogen) atoms. The van der Waals surface area contributed by atoms with E-state index in [9.17, 15) is 4.79 Å². The van der Waals surface area contributed by atoms with Gasteiger partial charge in [0.25, 0.3) is 5.91 Å². The van der Waals surface area contributed by atoms with E-state index < -0.39 is 0 Å². The zero-order valence-corrected chi connectivity index (χ0v) is 12.0. The van der Waals surface area contributed by atoms with E-state index in [1.165, 1.54) is 0 Å². The molecule has 1 atom stereocenters. The van der Waals surface area contributed by atoms with E-state index in [4.69, 9.17) is 9.26 Å². The van der Waals surface area contributed by atoms with Gasteiger partial charge in [0.15, 0.2) is 5.69 Å². The van der Waals surface area contributed by atoms with E-state index in [2.05, 4.69) is 10.1 Å². The van der Waals surface area contributed by atoms with Crippen LogP contribution in [0.2, 0.25) is 0 Å². The minimum absolute atomic E-state index is 0.0456. The molecule has 110 valence electrons. The Morgan fingerprint density at radius 2 is 2.30 bits per heavy atom. The molecule has 0 radical (unpaired) electrons. The largest absolute Gasteiger partial charge is 0.377 e. The van der Waals surface area contributed by atoms with Crippen molar-refractivity contribution < 1.29 is 14.1 Å². The molecule has 0 bridgehead atoms. The Labute approximate surface area is 118 Å². The van der Waals surface area contributed by atoms with Gasteiger partial charge in [-0.15, -0.1) is 0 Å². The summed E-state index contributed by atoms with van der Waals surface area (Å²) < 4.78 is 10.8. The number of morpholine rings is 1. The molecule has 2 heterocycles. The maximum absolute atomic E-state index is 12.6. The van der Waals surface area contributed by atoms with Gasteiger partial charge in [-0.05, 0) is 26.9 Å². The highest BCUT2D eigenvalue weighted by atomic mass is 16.5. The van der Waals surface area contributed by atoms with Crippen LogP contribution in [0.15, 0.2) is 10.6 Å². The highest BCUT2D eigenvalue weighted by molar-refractivity contribution is 5.92. The van der Waals surface area contributed by atoms with E-state index >= 15 is 0 Å². The normalized spacial score (nSPS) is 23.4. The van der Waals surface area contributed by atoms with Crippen LogP contribution in [-0.2, 0) is 4.74 Å². The van der Waals surface area contributed by atoms with Gasteiger partial charge < -0.3 is 19.1 Å². The van der Waals surface area contributed by atoms with E-state index in [0.717, 1.165) is 25.1 Å². The van der Waals surface area contributed by atoms with Gasteiger partial charge in [-0.25, -0.2) is 0 Å². The summed E-state index contributed by atoms with van der Waals surface area (Å²) in [6, 6.07) is 1.88. The van der Waals surface area contributed by atoms with Crippen LogP contribution in [0.25, 0.3) is 0 Å². The van der Waals surface area contributed by atoms with Crippen LogP contribution in [-0.4, -0.2) is 67.3 Å². The Bertz CT molecular complexity index is 482. The zero-order valence-electron chi connectivity index (χ0n) is 12.0. The first-order chi connectivity index (χ1) is 9.65. The van der Waals surface area contributed by atoms with Crippen LogP contribution < -0.4 is 0 Å². The van der Waals surface area contributed by atoms with Crippen molar-refractivity contribution in [2.24, 2.45) is 0 Å². The fraction of sp³-hybridized carbons (Fsp3) is 0.714. The molecule has 1 saturated carbocycles. The third-order valence-electron chi connectivity index (χ3n) is 3.79. The standard InChI is InChI=1S/C14H21N3O3/c1-16(2)8-11-9-19-6-5-17(11)14(18)12-7-13(20-15-12)10-3-4-10/h7,10-11H,3-6,8-9H2,1-2H3/t11-/m0/s1. The predicted octanol–water partition coefficient (Wildman–Crippen LogP) is 0.955. The molecule has 1 aromatic heterocycles. The summed E-state index contributed by atoms with van der Waals surface area (Å²) in [5.74, 6) is 1.29. The summed E-state index contributed by atoms with van der Waals surface area (Å²) in [5, 5.41) is 3.95. The smallest absolute Gasteiger partial charge is 0.276 e. The number of rotatable bonds is 4. The van der Waals surface area contributed by atoms with Gasteiger partial charge >= 0.3 is 0 Å². The molecule has 1 aromatic rings. The van der Waals surface area contributed by atoms with Gasteiger partial charge in [0.05, 0.1) is 19.3 Å². The molecule has 0 aromatic carbocycles. The summed E-state index contributed by atoms with van der Waals surface area (Å²) in [5.41, 5.74) is 0.428. The molecule has 1 saturated heterocycles. The SMILES string of the molecule is CN(C)C[C@H]1COCCN1C(=O)c1cc(C2CC2)on1. The van der Waals surface area contributed by atoms with Crippen LogP contribution in [0.1, 0.15) is 35.0 Å². The molecular weight excluding hydrogens is 258 g/mol. The van der Waals surface area contributed by atoms with Crippen molar-refractivity contribution in [1.82, 2.24) is 15.0 Å². The van der Waals surface area contributed by atoms with Gasteiger partial charge in [-0.2, -0.15) is 0 Å². The first-order valence-electron chi connectivity index (χ1n) is 7.15. The topological polar surface area (TPSA) is 58.8 Å². The third kappa shape index (κ3) is 2.86. The van der Waals surface area contributed by atoms with Crippen molar-refractivity contribution in [3.8, 4) is 0 Å². The lowest BCUT2D eigenvalue weighted by molar-refractivity contribution is -0.00877. The number of hydrogen-bond donors (Lipinski definition) is 0. The number of carbonyl (C=O) groups excluding carboxylic acids is 1. The number of nitrogens with zero attached hydrogens (tertiary/aromatic N) is 3. The number of aromatic nitrogens is 1. The molecule has 0 spiro atoms. The van der Waals surface area contributed by atoms with E-state index in [1.807, 2.05) is 25.1 Å². The molecule has 6 heteroatoms. The molecule has 6 nitrogen and oxygen atoms in total. The Hall–Kier alpha value is -1.40. The average Bonchev–Trinajstić information content (AvgIpc) is 3.16. The lowest BCUT2D eigenvalue weighted by Gasteiger charge is -2.36. The summed E-state index contributed by atoms with van der Waals surface area (Å²) in [4.78, 5) is 16.5. The zero-order chi connectivity index (χ0) is 14.1. The van der Waals surface area contributed by atoms with E-state index in [-0.39, 0.29) is 11.9 Å². The van der Waals surface area contributed by atoms with Crippen LogP contribution in [0.5, 0.6) is 0 Å². The van der Waals surface area contributed by atoms with Gasteiger partial charge in [0, 0.05) is 25.1 Å². The molecule has 2 fully saturated rings. The summed E-state index contributed by atoms with van der Waals surface area (Å²) in [7, 11) is 4.00. The van der Waals surface area contributed by atoms with Crippen molar-refractivity contribution in [1.29, 1.82) is 0 Å². The maximum Gasteiger partial charge on any atom is 0.276 e. The molecule has 1 amide bonds. The Morgan fingerprint density at radius 1 is 1.50 bits per heavy atom. The van der Waals surface area contributed by atoms with E-state index in [0.29, 0.717) is 31.4 Å². The molecule has 0 N–H and O–H groups in total.